The lowest BCUT2D eigenvalue weighted by atomic mass is 10.2. The van der Waals surface area contributed by atoms with Crippen LogP contribution in [0.1, 0.15) is 16.8 Å². The molecule has 0 aliphatic heterocycles. The highest BCUT2D eigenvalue weighted by Crippen LogP contribution is 2.26. The maximum absolute atomic E-state index is 13.5. The van der Waals surface area contributed by atoms with Crippen LogP contribution in [0.2, 0.25) is 0 Å². The van der Waals surface area contributed by atoms with Crippen LogP contribution in [0.25, 0.3) is 0 Å². The van der Waals surface area contributed by atoms with Crippen molar-refractivity contribution in [1.82, 2.24) is 0 Å². The average molecular weight is 272 g/mol. The summed E-state index contributed by atoms with van der Waals surface area (Å²) in [6.45, 7) is 1.75. The van der Waals surface area contributed by atoms with Crippen molar-refractivity contribution in [3.8, 4) is 11.5 Å². The molecule has 0 unspecified atom stereocenters. The summed E-state index contributed by atoms with van der Waals surface area (Å²) in [6, 6.07) is 2.03. The molecule has 19 heavy (non-hydrogen) atoms. The summed E-state index contributed by atoms with van der Waals surface area (Å²) < 4.78 is 28.6. The number of benzene rings is 1. The van der Waals surface area contributed by atoms with Crippen molar-refractivity contribution in [3.63, 3.8) is 0 Å². The standard InChI is InChI=1S/C13H17FO5/c1-17-5-6-18-3-2-4-19-13-8-12(16)10(9-15)7-11(13)14/h7-9,16H,2-6H2,1H3. The van der Waals surface area contributed by atoms with E-state index in [9.17, 15) is 14.3 Å². The van der Waals surface area contributed by atoms with Crippen molar-refractivity contribution < 1.29 is 28.5 Å². The number of ether oxygens (including phenoxy) is 3. The van der Waals surface area contributed by atoms with E-state index in [4.69, 9.17) is 14.2 Å². The number of hydrogen-bond acceptors (Lipinski definition) is 5. The monoisotopic (exact) mass is 272 g/mol. The first kappa shape index (κ1) is 15.4. The van der Waals surface area contributed by atoms with Crippen LogP contribution in [0.3, 0.4) is 0 Å². The van der Waals surface area contributed by atoms with E-state index >= 15 is 0 Å². The molecule has 106 valence electrons. The minimum absolute atomic E-state index is 0.0833. The molecule has 0 aromatic heterocycles. The van der Waals surface area contributed by atoms with Gasteiger partial charge in [0.1, 0.15) is 5.75 Å². The third-order valence-electron chi connectivity index (χ3n) is 2.33. The van der Waals surface area contributed by atoms with Crippen molar-refractivity contribution in [2.45, 2.75) is 6.42 Å². The van der Waals surface area contributed by atoms with E-state index in [1.54, 1.807) is 7.11 Å². The number of hydrogen-bond donors (Lipinski definition) is 1. The molecule has 0 aliphatic rings. The van der Waals surface area contributed by atoms with Crippen molar-refractivity contribution in [2.75, 3.05) is 33.5 Å². The number of carbonyl (C=O) groups excluding carboxylic acids is 1. The van der Waals surface area contributed by atoms with Gasteiger partial charge in [-0.25, -0.2) is 4.39 Å². The lowest BCUT2D eigenvalue weighted by Gasteiger charge is -2.09. The van der Waals surface area contributed by atoms with Crippen molar-refractivity contribution >= 4 is 6.29 Å². The minimum atomic E-state index is -0.680. The molecule has 6 heteroatoms. The Bertz CT molecular complexity index is 408. The molecule has 0 spiro atoms. The molecule has 0 amide bonds. The predicted molar refractivity (Wildman–Crippen MR) is 66.3 cm³/mol. The predicted octanol–water partition coefficient (Wildman–Crippen LogP) is 1.78. The van der Waals surface area contributed by atoms with Gasteiger partial charge < -0.3 is 19.3 Å². The Kier molecular flexibility index (Phi) is 6.84. The third kappa shape index (κ3) is 5.23. The molecule has 1 aromatic rings. The topological polar surface area (TPSA) is 65.0 Å². The van der Waals surface area contributed by atoms with Crippen LogP contribution in [0, 0.1) is 5.82 Å². The van der Waals surface area contributed by atoms with Crippen molar-refractivity contribution in [2.24, 2.45) is 0 Å². The molecule has 0 bridgehead atoms. The molecule has 0 fully saturated rings. The zero-order valence-electron chi connectivity index (χ0n) is 10.7. The summed E-state index contributed by atoms with van der Waals surface area (Å²) in [5.74, 6) is -1.07. The second-order valence-electron chi connectivity index (χ2n) is 3.77. The third-order valence-corrected chi connectivity index (χ3v) is 2.33. The van der Waals surface area contributed by atoms with Gasteiger partial charge in [-0.3, -0.25) is 4.79 Å². The lowest BCUT2D eigenvalue weighted by molar-refractivity contribution is 0.0642. The molecule has 1 N–H and O–H groups in total. The summed E-state index contributed by atoms with van der Waals surface area (Å²) in [6.07, 6.45) is 0.963. The Labute approximate surface area is 110 Å². The molecule has 0 saturated heterocycles. The van der Waals surface area contributed by atoms with Gasteiger partial charge in [-0.2, -0.15) is 0 Å². The molecular weight excluding hydrogens is 255 g/mol. The molecule has 1 rings (SSSR count). The summed E-state index contributed by atoms with van der Waals surface area (Å²) in [4.78, 5) is 10.5. The molecule has 1 aromatic carbocycles. The summed E-state index contributed by atoms with van der Waals surface area (Å²) >= 11 is 0. The van der Waals surface area contributed by atoms with Gasteiger partial charge in [0.25, 0.3) is 0 Å². The van der Waals surface area contributed by atoms with Crippen LogP contribution < -0.4 is 4.74 Å². The van der Waals surface area contributed by atoms with Gasteiger partial charge in [0.15, 0.2) is 17.9 Å². The van der Waals surface area contributed by atoms with E-state index in [1.807, 2.05) is 0 Å². The van der Waals surface area contributed by atoms with E-state index in [2.05, 4.69) is 0 Å². The number of carbonyl (C=O) groups is 1. The molecule has 0 heterocycles. The molecule has 5 nitrogen and oxygen atoms in total. The Hall–Kier alpha value is -1.66. The van der Waals surface area contributed by atoms with Crippen LogP contribution in [-0.4, -0.2) is 44.9 Å². The number of methoxy groups -OCH3 is 1. The first-order valence-corrected chi connectivity index (χ1v) is 5.86. The number of halogens is 1. The lowest BCUT2D eigenvalue weighted by Crippen LogP contribution is -2.07. The number of phenolic OH excluding ortho intramolecular Hbond substituents is 1. The average Bonchev–Trinajstić information content (AvgIpc) is 2.41. The number of aldehydes is 1. The van der Waals surface area contributed by atoms with Gasteiger partial charge in [-0.1, -0.05) is 0 Å². The molecule has 0 radical (unpaired) electrons. The van der Waals surface area contributed by atoms with Crippen molar-refractivity contribution in [1.29, 1.82) is 0 Å². The van der Waals surface area contributed by atoms with E-state index in [0.717, 1.165) is 12.1 Å². The Morgan fingerprint density at radius 1 is 1.26 bits per heavy atom. The fourth-order valence-corrected chi connectivity index (χ4v) is 1.35. The second-order valence-corrected chi connectivity index (χ2v) is 3.77. The fourth-order valence-electron chi connectivity index (χ4n) is 1.35. The normalized spacial score (nSPS) is 10.4. The van der Waals surface area contributed by atoms with E-state index in [-0.39, 0.29) is 23.7 Å². The highest BCUT2D eigenvalue weighted by Gasteiger charge is 2.09. The van der Waals surface area contributed by atoms with E-state index < -0.39 is 5.82 Å². The molecular formula is C13H17FO5. The SMILES string of the molecule is COCCOCCCOc1cc(O)c(C=O)cc1F. The van der Waals surface area contributed by atoms with Crippen LogP contribution in [0.5, 0.6) is 11.5 Å². The maximum atomic E-state index is 13.5. The van der Waals surface area contributed by atoms with Crippen LogP contribution in [0.4, 0.5) is 4.39 Å². The Morgan fingerprint density at radius 3 is 2.74 bits per heavy atom. The van der Waals surface area contributed by atoms with Crippen LogP contribution in [-0.2, 0) is 9.47 Å². The maximum Gasteiger partial charge on any atom is 0.166 e. The van der Waals surface area contributed by atoms with Gasteiger partial charge in [-0.15, -0.1) is 0 Å². The highest BCUT2D eigenvalue weighted by atomic mass is 19.1. The van der Waals surface area contributed by atoms with Gasteiger partial charge in [0.05, 0.1) is 25.4 Å². The van der Waals surface area contributed by atoms with Crippen molar-refractivity contribution in [3.05, 3.63) is 23.5 Å². The Balaban J connectivity index is 2.33. The fraction of sp³-hybridized carbons (Fsp3) is 0.462. The van der Waals surface area contributed by atoms with E-state index in [0.29, 0.717) is 32.5 Å². The first-order valence-electron chi connectivity index (χ1n) is 5.86. The molecule has 0 saturated carbocycles. The molecule has 0 aliphatic carbocycles. The van der Waals surface area contributed by atoms with Gasteiger partial charge in [0.2, 0.25) is 0 Å². The summed E-state index contributed by atoms with van der Waals surface area (Å²) in [5, 5.41) is 9.40. The first-order chi connectivity index (χ1) is 9.19. The molecule has 0 atom stereocenters. The van der Waals surface area contributed by atoms with Gasteiger partial charge in [0, 0.05) is 26.2 Å². The van der Waals surface area contributed by atoms with E-state index in [1.165, 1.54) is 0 Å². The minimum Gasteiger partial charge on any atom is -0.507 e. The zero-order valence-corrected chi connectivity index (χ0v) is 10.7. The second kappa shape index (κ2) is 8.44. The van der Waals surface area contributed by atoms with Gasteiger partial charge >= 0.3 is 0 Å². The highest BCUT2D eigenvalue weighted by molar-refractivity contribution is 5.79. The van der Waals surface area contributed by atoms with Gasteiger partial charge in [-0.05, 0) is 6.07 Å². The summed E-state index contributed by atoms with van der Waals surface area (Å²) in [7, 11) is 1.59. The largest absolute Gasteiger partial charge is 0.507 e. The number of aromatic hydroxyl groups is 1. The summed E-state index contributed by atoms with van der Waals surface area (Å²) in [5.41, 5.74) is -0.104. The number of rotatable bonds is 9. The smallest absolute Gasteiger partial charge is 0.166 e. The van der Waals surface area contributed by atoms with Crippen LogP contribution in [0.15, 0.2) is 12.1 Å². The Morgan fingerprint density at radius 2 is 2.05 bits per heavy atom. The zero-order chi connectivity index (χ0) is 14.1. The quantitative estimate of drug-likeness (QED) is 0.548. The number of phenols is 1. The van der Waals surface area contributed by atoms with Crippen LogP contribution >= 0.6 is 0 Å².